The number of carbonyl (C=O) groups is 1. The first-order valence-electron chi connectivity index (χ1n) is 11.3. The van der Waals surface area contributed by atoms with Crippen LogP contribution in [0.4, 0.5) is 5.69 Å². The van der Waals surface area contributed by atoms with Crippen LogP contribution in [0.2, 0.25) is 0 Å². The number of anilines is 1. The number of aryl methyl sites for hydroxylation is 1. The molecule has 1 aliphatic heterocycles. The summed E-state index contributed by atoms with van der Waals surface area (Å²) in [6, 6.07) is 36.9. The van der Waals surface area contributed by atoms with Crippen LogP contribution in [0.25, 0.3) is 10.9 Å². The van der Waals surface area contributed by atoms with Crippen molar-refractivity contribution in [3.05, 3.63) is 137 Å². The average Bonchev–Trinajstić information content (AvgIpc) is 3.33. The van der Waals surface area contributed by atoms with Gasteiger partial charge in [0, 0.05) is 28.6 Å². The molecule has 2 heterocycles. The van der Waals surface area contributed by atoms with Gasteiger partial charge in [0.15, 0.2) is 0 Å². The van der Waals surface area contributed by atoms with Gasteiger partial charge >= 0.3 is 0 Å². The van der Waals surface area contributed by atoms with Crippen LogP contribution in [0.5, 0.6) is 0 Å². The summed E-state index contributed by atoms with van der Waals surface area (Å²) in [5.74, 6) is 0.0331. The number of hydrogen-bond donors (Lipinski definition) is 1. The van der Waals surface area contributed by atoms with Gasteiger partial charge in [-0.25, -0.2) is 0 Å². The number of rotatable bonds is 4. The van der Waals surface area contributed by atoms with Crippen LogP contribution >= 0.6 is 0 Å². The Morgan fingerprint density at radius 1 is 0.758 bits per heavy atom. The summed E-state index contributed by atoms with van der Waals surface area (Å²) < 4.78 is 0. The van der Waals surface area contributed by atoms with Crippen LogP contribution in [0.15, 0.2) is 109 Å². The van der Waals surface area contributed by atoms with E-state index in [-0.39, 0.29) is 5.91 Å². The molecule has 160 valence electrons. The third-order valence-corrected chi connectivity index (χ3v) is 6.88. The van der Waals surface area contributed by atoms with Gasteiger partial charge in [0.2, 0.25) is 0 Å². The standard InChI is InChI=1S/C30H24N2O/c1-21-24-16-9-11-19-27(24)31-28(21)30(20-22-12-4-2-5-13-22)26-18-10-8-17-25(26)29(33)32(30)23-14-6-3-7-15-23/h2-19,31H,20H2,1H3. The van der Waals surface area contributed by atoms with Crippen molar-refractivity contribution in [2.45, 2.75) is 18.9 Å². The smallest absolute Gasteiger partial charge is 0.259 e. The second kappa shape index (κ2) is 7.49. The van der Waals surface area contributed by atoms with E-state index in [1.165, 1.54) is 16.5 Å². The molecule has 6 rings (SSSR count). The monoisotopic (exact) mass is 428 g/mol. The topological polar surface area (TPSA) is 36.1 Å². The first kappa shape index (κ1) is 19.6. The molecule has 4 aromatic carbocycles. The van der Waals surface area contributed by atoms with Crippen molar-refractivity contribution in [2.24, 2.45) is 0 Å². The number of H-pyrrole nitrogens is 1. The summed E-state index contributed by atoms with van der Waals surface area (Å²) in [5.41, 5.74) is 6.50. The lowest BCUT2D eigenvalue weighted by atomic mass is 9.79. The summed E-state index contributed by atoms with van der Waals surface area (Å²) in [7, 11) is 0. The van der Waals surface area contributed by atoms with E-state index >= 15 is 0 Å². The second-order valence-corrected chi connectivity index (χ2v) is 8.71. The molecular weight excluding hydrogens is 404 g/mol. The summed E-state index contributed by atoms with van der Waals surface area (Å²) in [5, 5.41) is 1.18. The zero-order chi connectivity index (χ0) is 22.4. The van der Waals surface area contributed by atoms with Gasteiger partial charge in [0.1, 0.15) is 5.54 Å². The van der Waals surface area contributed by atoms with E-state index in [0.29, 0.717) is 6.42 Å². The van der Waals surface area contributed by atoms with Crippen molar-refractivity contribution >= 4 is 22.5 Å². The molecule has 0 saturated heterocycles. The maximum Gasteiger partial charge on any atom is 0.259 e. The maximum atomic E-state index is 14.0. The number of nitrogens with one attached hydrogen (secondary N) is 1. The lowest BCUT2D eigenvalue weighted by Gasteiger charge is -2.40. The Morgan fingerprint density at radius 2 is 1.39 bits per heavy atom. The number of para-hydroxylation sites is 2. The van der Waals surface area contributed by atoms with Crippen LogP contribution in [0.1, 0.15) is 32.7 Å². The van der Waals surface area contributed by atoms with Gasteiger partial charge in [0.05, 0.1) is 5.69 Å². The molecule has 1 aromatic heterocycles. The van der Waals surface area contributed by atoms with Crippen LogP contribution < -0.4 is 4.90 Å². The molecule has 3 heteroatoms. The Balaban J connectivity index is 1.72. The van der Waals surface area contributed by atoms with Crippen molar-refractivity contribution in [2.75, 3.05) is 4.90 Å². The highest BCUT2D eigenvalue weighted by atomic mass is 16.2. The molecule has 1 N–H and O–H groups in total. The summed E-state index contributed by atoms with van der Waals surface area (Å²) >= 11 is 0. The molecule has 1 aliphatic rings. The Morgan fingerprint density at radius 3 is 2.15 bits per heavy atom. The fraction of sp³-hybridized carbons (Fsp3) is 0.100. The van der Waals surface area contributed by atoms with Crippen molar-refractivity contribution in [1.82, 2.24) is 4.98 Å². The zero-order valence-corrected chi connectivity index (χ0v) is 18.5. The van der Waals surface area contributed by atoms with Gasteiger partial charge in [-0.2, -0.15) is 0 Å². The average molecular weight is 429 g/mol. The van der Waals surface area contributed by atoms with Crippen molar-refractivity contribution in [3.63, 3.8) is 0 Å². The van der Waals surface area contributed by atoms with Crippen molar-refractivity contribution < 1.29 is 4.79 Å². The Kier molecular flexibility index (Phi) is 4.44. The number of aromatic nitrogens is 1. The van der Waals surface area contributed by atoms with E-state index in [2.05, 4.69) is 66.5 Å². The Hall–Kier alpha value is -4.11. The van der Waals surface area contributed by atoms with Gasteiger partial charge in [-0.15, -0.1) is 0 Å². The third-order valence-electron chi connectivity index (χ3n) is 6.88. The number of amides is 1. The number of carbonyl (C=O) groups excluding carboxylic acids is 1. The van der Waals surface area contributed by atoms with E-state index in [1.54, 1.807) is 0 Å². The summed E-state index contributed by atoms with van der Waals surface area (Å²) in [6.07, 6.45) is 0.666. The molecule has 0 spiro atoms. The lowest BCUT2D eigenvalue weighted by Crippen LogP contribution is -2.47. The van der Waals surface area contributed by atoms with Gasteiger partial charge in [0.25, 0.3) is 5.91 Å². The molecule has 0 bridgehead atoms. The SMILES string of the molecule is Cc1c(C2(Cc3ccccc3)c3ccccc3C(=O)N2c2ccccc2)[nH]c2ccccc12. The first-order chi connectivity index (χ1) is 16.2. The first-order valence-corrected chi connectivity index (χ1v) is 11.3. The molecule has 1 atom stereocenters. The Labute approximate surface area is 193 Å². The molecule has 0 aliphatic carbocycles. The lowest BCUT2D eigenvalue weighted by molar-refractivity contribution is 0.0981. The third kappa shape index (κ3) is 2.86. The Bertz CT molecular complexity index is 1470. The molecule has 0 fully saturated rings. The van der Waals surface area contributed by atoms with Gasteiger partial charge < -0.3 is 4.98 Å². The van der Waals surface area contributed by atoms with Gasteiger partial charge in [-0.3, -0.25) is 9.69 Å². The maximum absolute atomic E-state index is 14.0. The highest BCUT2D eigenvalue weighted by Crippen LogP contribution is 2.50. The minimum atomic E-state index is -0.695. The van der Waals surface area contributed by atoms with E-state index in [1.807, 2.05) is 59.5 Å². The van der Waals surface area contributed by atoms with Crippen LogP contribution in [0.3, 0.4) is 0 Å². The van der Waals surface area contributed by atoms with Crippen LogP contribution in [0, 0.1) is 6.92 Å². The fourth-order valence-electron chi connectivity index (χ4n) is 5.46. The molecule has 5 aromatic rings. The van der Waals surface area contributed by atoms with E-state index in [9.17, 15) is 4.79 Å². The molecule has 0 radical (unpaired) electrons. The van der Waals surface area contributed by atoms with Gasteiger partial charge in [-0.1, -0.05) is 84.9 Å². The molecule has 1 unspecified atom stereocenters. The van der Waals surface area contributed by atoms with E-state index in [0.717, 1.165) is 28.0 Å². The number of hydrogen-bond acceptors (Lipinski definition) is 1. The second-order valence-electron chi connectivity index (χ2n) is 8.71. The van der Waals surface area contributed by atoms with E-state index in [4.69, 9.17) is 0 Å². The molecular formula is C30H24N2O. The molecule has 0 saturated carbocycles. The summed E-state index contributed by atoms with van der Waals surface area (Å²) in [6.45, 7) is 2.16. The predicted molar refractivity (Wildman–Crippen MR) is 134 cm³/mol. The summed E-state index contributed by atoms with van der Waals surface area (Å²) in [4.78, 5) is 19.8. The molecule has 1 amide bonds. The number of benzene rings is 4. The zero-order valence-electron chi connectivity index (χ0n) is 18.5. The number of aromatic amines is 1. The largest absolute Gasteiger partial charge is 0.356 e. The minimum absolute atomic E-state index is 0.0331. The highest BCUT2D eigenvalue weighted by molar-refractivity contribution is 6.13. The van der Waals surface area contributed by atoms with Crippen LogP contribution in [-0.4, -0.2) is 10.9 Å². The predicted octanol–water partition coefficient (Wildman–Crippen LogP) is 6.62. The molecule has 33 heavy (non-hydrogen) atoms. The minimum Gasteiger partial charge on any atom is -0.356 e. The fourth-order valence-corrected chi connectivity index (χ4v) is 5.46. The van der Waals surface area contributed by atoms with Gasteiger partial charge in [-0.05, 0) is 47.9 Å². The molecule has 3 nitrogen and oxygen atoms in total. The van der Waals surface area contributed by atoms with E-state index < -0.39 is 5.54 Å². The van der Waals surface area contributed by atoms with Crippen LogP contribution in [-0.2, 0) is 12.0 Å². The number of fused-ring (bicyclic) bond motifs is 2. The highest BCUT2D eigenvalue weighted by Gasteiger charge is 2.53. The van der Waals surface area contributed by atoms with Crippen molar-refractivity contribution in [3.8, 4) is 0 Å². The van der Waals surface area contributed by atoms with Crippen molar-refractivity contribution in [1.29, 1.82) is 0 Å². The number of nitrogens with zero attached hydrogens (tertiary/aromatic N) is 1. The quantitative estimate of drug-likeness (QED) is 0.343. The normalized spacial score (nSPS) is 17.5.